The van der Waals surface area contributed by atoms with Gasteiger partial charge in [0.15, 0.2) is 0 Å². The third-order valence-electron chi connectivity index (χ3n) is 7.78. The Labute approximate surface area is 200 Å². The van der Waals surface area contributed by atoms with E-state index in [4.69, 9.17) is 4.42 Å². The molecule has 1 aromatic carbocycles. The van der Waals surface area contributed by atoms with Crippen molar-refractivity contribution in [1.82, 2.24) is 0 Å². The highest BCUT2D eigenvalue weighted by molar-refractivity contribution is 5.82. The molecule has 3 rings (SSSR count). The molecule has 2 aromatic rings. The predicted octanol–water partition coefficient (Wildman–Crippen LogP) is 9.15. The van der Waals surface area contributed by atoms with Gasteiger partial charge in [-0.1, -0.05) is 109 Å². The summed E-state index contributed by atoms with van der Waals surface area (Å²) in [6.45, 7) is 4.48. The summed E-state index contributed by atoms with van der Waals surface area (Å²) in [5.41, 5.74) is 0.156. The van der Waals surface area contributed by atoms with Crippen LogP contribution in [0.1, 0.15) is 121 Å². The second-order valence-corrected chi connectivity index (χ2v) is 10.4. The fraction of sp³-hybridized carbons (Fsp3) is 0.700. The first kappa shape index (κ1) is 26.0. The van der Waals surface area contributed by atoms with Crippen LogP contribution in [-0.2, 0) is 12.8 Å². The third kappa shape index (κ3) is 7.97. The van der Waals surface area contributed by atoms with Crippen molar-refractivity contribution in [3.8, 4) is 0 Å². The molecule has 3 heteroatoms. The van der Waals surface area contributed by atoms with Crippen LogP contribution in [0.15, 0.2) is 27.4 Å². The molecule has 0 amide bonds. The molecule has 0 bridgehead atoms. The van der Waals surface area contributed by atoms with Gasteiger partial charge < -0.3 is 4.42 Å². The minimum atomic E-state index is -0.513. The second kappa shape index (κ2) is 13.9. The summed E-state index contributed by atoms with van der Waals surface area (Å²) in [5, 5.41) is 0.819. The second-order valence-electron chi connectivity index (χ2n) is 10.4. The maximum Gasteiger partial charge on any atom is 0.346 e. The number of halogens is 1. The Morgan fingerprint density at radius 1 is 0.818 bits per heavy atom. The Hall–Kier alpha value is -1.64. The van der Waals surface area contributed by atoms with Crippen LogP contribution in [0.2, 0.25) is 0 Å². The maximum absolute atomic E-state index is 15.2. The molecule has 0 saturated heterocycles. The quantitative estimate of drug-likeness (QED) is 0.265. The van der Waals surface area contributed by atoms with Crippen molar-refractivity contribution in [3.63, 3.8) is 0 Å². The summed E-state index contributed by atoms with van der Waals surface area (Å²) in [5.74, 6) is 1.92. The number of rotatable bonds is 14. The van der Waals surface area contributed by atoms with Gasteiger partial charge in [-0.3, -0.25) is 0 Å². The highest BCUT2D eigenvalue weighted by Crippen LogP contribution is 2.34. The standard InChI is InChI=1S/C30H45FO2/c1-3-5-7-8-9-11-13-27-22-26-21-20-25(29(31)28(26)30(32)33-27)19-18-24-16-14-23(15-17-24)12-10-6-4-2/h20-24H,3-19H2,1-2H3. The van der Waals surface area contributed by atoms with Crippen LogP contribution in [0.5, 0.6) is 0 Å². The van der Waals surface area contributed by atoms with Crippen molar-refractivity contribution in [3.05, 3.63) is 45.8 Å². The highest BCUT2D eigenvalue weighted by Gasteiger charge is 2.21. The van der Waals surface area contributed by atoms with Crippen molar-refractivity contribution in [2.45, 2.75) is 123 Å². The van der Waals surface area contributed by atoms with Gasteiger partial charge in [-0.2, -0.15) is 0 Å². The van der Waals surface area contributed by atoms with E-state index in [2.05, 4.69) is 13.8 Å². The van der Waals surface area contributed by atoms with Crippen LogP contribution >= 0.6 is 0 Å². The van der Waals surface area contributed by atoms with E-state index in [-0.39, 0.29) is 11.2 Å². The lowest BCUT2D eigenvalue weighted by Crippen LogP contribution is -2.15. The molecule has 0 aliphatic heterocycles. The highest BCUT2D eigenvalue weighted by atomic mass is 19.1. The first-order chi connectivity index (χ1) is 16.1. The van der Waals surface area contributed by atoms with Gasteiger partial charge in [0.25, 0.3) is 0 Å². The van der Waals surface area contributed by atoms with E-state index in [0.717, 1.165) is 31.6 Å². The Balaban J connectivity index is 1.52. The van der Waals surface area contributed by atoms with Crippen LogP contribution in [0.25, 0.3) is 10.8 Å². The minimum Gasteiger partial charge on any atom is -0.427 e. The van der Waals surface area contributed by atoms with Crippen molar-refractivity contribution in [2.24, 2.45) is 11.8 Å². The maximum atomic E-state index is 15.2. The number of unbranched alkanes of at least 4 members (excludes halogenated alkanes) is 7. The molecule has 0 atom stereocenters. The average Bonchev–Trinajstić information content (AvgIpc) is 2.82. The molecule has 0 unspecified atom stereocenters. The molecule has 1 aliphatic rings. The monoisotopic (exact) mass is 456 g/mol. The van der Waals surface area contributed by atoms with E-state index in [1.54, 1.807) is 0 Å². The average molecular weight is 457 g/mol. The molecule has 1 heterocycles. The Morgan fingerprint density at radius 2 is 1.45 bits per heavy atom. The van der Waals surface area contributed by atoms with Gasteiger partial charge in [0, 0.05) is 6.42 Å². The molecule has 0 spiro atoms. The number of hydrogen-bond donors (Lipinski definition) is 0. The van der Waals surface area contributed by atoms with E-state index in [1.165, 1.54) is 77.0 Å². The summed E-state index contributed by atoms with van der Waals surface area (Å²) < 4.78 is 20.7. The smallest absolute Gasteiger partial charge is 0.346 e. The molecule has 2 nitrogen and oxygen atoms in total. The van der Waals surface area contributed by atoms with Gasteiger partial charge in [-0.05, 0) is 48.1 Å². The number of hydrogen-bond acceptors (Lipinski definition) is 2. The van der Waals surface area contributed by atoms with Gasteiger partial charge >= 0.3 is 5.63 Å². The summed E-state index contributed by atoms with van der Waals surface area (Å²) in [4.78, 5) is 12.6. The largest absolute Gasteiger partial charge is 0.427 e. The van der Waals surface area contributed by atoms with Crippen LogP contribution in [0.4, 0.5) is 4.39 Å². The van der Waals surface area contributed by atoms with Crippen molar-refractivity contribution in [1.29, 1.82) is 0 Å². The Morgan fingerprint density at radius 3 is 2.18 bits per heavy atom. The van der Waals surface area contributed by atoms with Crippen LogP contribution < -0.4 is 5.63 Å². The predicted molar refractivity (Wildman–Crippen MR) is 137 cm³/mol. The molecule has 184 valence electrons. The molecule has 0 N–H and O–H groups in total. The summed E-state index contributed by atoms with van der Waals surface area (Å²) in [6, 6.07) is 5.68. The molecule has 1 aliphatic carbocycles. The molecular weight excluding hydrogens is 411 g/mol. The molecule has 1 saturated carbocycles. The van der Waals surface area contributed by atoms with Gasteiger partial charge in [0.05, 0.1) is 0 Å². The van der Waals surface area contributed by atoms with E-state index >= 15 is 4.39 Å². The van der Waals surface area contributed by atoms with Gasteiger partial charge in [-0.25, -0.2) is 9.18 Å². The van der Waals surface area contributed by atoms with Crippen molar-refractivity contribution < 1.29 is 8.81 Å². The lowest BCUT2D eigenvalue weighted by Gasteiger charge is -2.28. The van der Waals surface area contributed by atoms with E-state index in [9.17, 15) is 4.79 Å². The lowest BCUT2D eigenvalue weighted by molar-refractivity contribution is 0.249. The first-order valence-electron chi connectivity index (χ1n) is 13.9. The van der Waals surface area contributed by atoms with Crippen molar-refractivity contribution in [2.75, 3.05) is 0 Å². The van der Waals surface area contributed by atoms with Crippen LogP contribution in [-0.4, -0.2) is 0 Å². The van der Waals surface area contributed by atoms with Crippen LogP contribution in [0.3, 0.4) is 0 Å². The minimum absolute atomic E-state index is 0.138. The van der Waals surface area contributed by atoms with Crippen LogP contribution in [0, 0.1) is 17.7 Å². The summed E-state index contributed by atoms with van der Waals surface area (Å²) in [7, 11) is 0. The first-order valence-corrected chi connectivity index (χ1v) is 13.9. The Kier molecular flexibility index (Phi) is 11.0. The topological polar surface area (TPSA) is 30.2 Å². The Bertz CT molecular complexity index is 892. The fourth-order valence-corrected chi connectivity index (χ4v) is 5.58. The normalized spacial score (nSPS) is 18.8. The zero-order valence-electron chi connectivity index (χ0n) is 21.1. The molecular formula is C30H45FO2. The number of fused-ring (bicyclic) bond motifs is 1. The van der Waals surface area contributed by atoms with Crippen molar-refractivity contribution >= 4 is 10.8 Å². The zero-order valence-corrected chi connectivity index (χ0v) is 21.1. The number of benzene rings is 1. The molecule has 0 radical (unpaired) electrons. The van der Waals surface area contributed by atoms with E-state index < -0.39 is 5.63 Å². The zero-order chi connectivity index (χ0) is 23.5. The molecule has 1 fully saturated rings. The third-order valence-corrected chi connectivity index (χ3v) is 7.78. The molecule has 1 aromatic heterocycles. The van der Waals surface area contributed by atoms with Gasteiger partial charge in [0.1, 0.15) is 17.0 Å². The van der Waals surface area contributed by atoms with E-state index in [1.807, 2.05) is 18.2 Å². The van der Waals surface area contributed by atoms with E-state index in [0.29, 0.717) is 29.0 Å². The summed E-state index contributed by atoms with van der Waals surface area (Å²) >= 11 is 0. The van der Waals surface area contributed by atoms with Gasteiger partial charge in [-0.15, -0.1) is 0 Å². The fourth-order valence-electron chi connectivity index (χ4n) is 5.58. The lowest BCUT2D eigenvalue weighted by atomic mass is 9.77. The molecule has 33 heavy (non-hydrogen) atoms. The van der Waals surface area contributed by atoms with Gasteiger partial charge in [0.2, 0.25) is 0 Å². The SMILES string of the molecule is CCCCCCCCc1cc2ccc(CCC3CCC(CCCCC)CC3)c(F)c2c(=O)o1. The summed E-state index contributed by atoms with van der Waals surface area (Å²) in [6.07, 6.45) is 20.3. The number of aryl methyl sites for hydroxylation is 2.